The van der Waals surface area contributed by atoms with Crippen LogP contribution in [0.3, 0.4) is 0 Å². The summed E-state index contributed by atoms with van der Waals surface area (Å²) in [5, 5.41) is 14.2. The number of fused-ring (bicyclic) bond motifs is 1. The molecule has 0 bridgehead atoms. The third-order valence-electron chi connectivity index (χ3n) is 4.07. The number of carboxylic acid groups (broad SMARTS) is 1. The lowest BCUT2D eigenvalue weighted by atomic mass is 10.1. The van der Waals surface area contributed by atoms with Gasteiger partial charge in [0.05, 0.1) is 5.39 Å². The summed E-state index contributed by atoms with van der Waals surface area (Å²) in [6.07, 6.45) is 4.15. The third-order valence-corrected chi connectivity index (χ3v) is 5.77. The Kier molecular flexibility index (Phi) is 4.24. The number of pyridine rings is 1. The van der Waals surface area contributed by atoms with Crippen molar-refractivity contribution in [1.82, 2.24) is 14.8 Å². The number of hydrogen-bond acceptors (Lipinski definition) is 4. The van der Waals surface area contributed by atoms with Gasteiger partial charge in [-0.2, -0.15) is 5.10 Å². The van der Waals surface area contributed by atoms with Gasteiger partial charge in [0, 0.05) is 20.9 Å². The molecule has 0 atom stereocenters. The van der Waals surface area contributed by atoms with Crippen molar-refractivity contribution in [2.24, 2.45) is 0 Å². The molecule has 0 saturated heterocycles. The van der Waals surface area contributed by atoms with Crippen molar-refractivity contribution in [2.45, 2.75) is 51.2 Å². The van der Waals surface area contributed by atoms with E-state index in [9.17, 15) is 9.90 Å². The van der Waals surface area contributed by atoms with E-state index in [1.807, 2.05) is 12.3 Å². The van der Waals surface area contributed by atoms with Gasteiger partial charge < -0.3 is 9.84 Å². The van der Waals surface area contributed by atoms with Gasteiger partial charge in [-0.1, -0.05) is 19.6 Å². The Balaban J connectivity index is 1.81. The summed E-state index contributed by atoms with van der Waals surface area (Å²) < 4.78 is 7.24. The lowest BCUT2D eigenvalue weighted by Gasteiger charge is -2.15. The summed E-state index contributed by atoms with van der Waals surface area (Å²) in [5.41, 5.74) is 1.75. The Hall–Kier alpha value is -1.73. The maximum Gasteiger partial charge on any atom is 0.357 e. The van der Waals surface area contributed by atoms with E-state index in [2.05, 4.69) is 29.7 Å². The zero-order chi connectivity index (χ0) is 16.6. The van der Waals surface area contributed by atoms with Gasteiger partial charge in [0.1, 0.15) is 6.73 Å². The van der Waals surface area contributed by atoms with Crippen LogP contribution in [0.2, 0.25) is 25.7 Å². The molecule has 1 fully saturated rings. The number of carbonyl (C=O) groups is 1. The first-order valence-electron chi connectivity index (χ1n) is 8.03. The predicted octanol–water partition coefficient (Wildman–Crippen LogP) is 3.32. The molecular weight excluding hydrogens is 310 g/mol. The molecule has 23 heavy (non-hydrogen) atoms. The van der Waals surface area contributed by atoms with Crippen molar-refractivity contribution in [2.75, 3.05) is 6.61 Å². The Bertz CT molecular complexity index is 732. The first-order valence-corrected chi connectivity index (χ1v) is 11.7. The molecule has 124 valence electrons. The first kappa shape index (κ1) is 16.1. The molecule has 3 rings (SSSR count). The number of ether oxygens (including phenoxy) is 1. The summed E-state index contributed by atoms with van der Waals surface area (Å²) in [7, 11) is -1.14. The second kappa shape index (κ2) is 6.05. The van der Waals surface area contributed by atoms with Crippen LogP contribution in [-0.2, 0) is 11.5 Å². The van der Waals surface area contributed by atoms with Gasteiger partial charge in [0.15, 0.2) is 11.3 Å². The van der Waals surface area contributed by atoms with Crippen molar-refractivity contribution >= 4 is 25.1 Å². The smallest absolute Gasteiger partial charge is 0.357 e. The van der Waals surface area contributed by atoms with Crippen LogP contribution in [0.15, 0.2) is 12.3 Å². The second-order valence-electron chi connectivity index (χ2n) is 7.42. The maximum atomic E-state index is 11.4. The largest absolute Gasteiger partial charge is 0.476 e. The molecule has 0 aliphatic heterocycles. The van der Waals surface area contributed by atoms with Crippen molar-refractivity contribution in [3.8, 4) is 0 Å². The van der Waals surface area contributed by atoms with Crippen molar-refractivity contribution < 1.29 is 14.6 Å². The highest BCUT2D eigenvalue weighted by molar-refractivity contribution is 6.76. The van der Waals surface area contributed by atoms with Gasteiger partial charge >= 0.3 is 5.97 Å². The molecule has 1 N–H and O–H groups in total. The van der Waals surface area contributed by atoms with Crippen molar-refractivity contribution in [1.29, 1.82) is 0 Å². The minimum Gasteiger partial charge on any atom is -0.476 e. The molecule has 0 radical (unpaired) electrons. The maximum absolute atomic E-state index is 11.4. The monoisotopic (exact) mass is 333 g/mol. The highest BCUT2D eigenvalue weighted by Crippen LogP contribution is 2.40. The van der Waals surface area contributed by atoms with Gasteiger partial charge in [-0.05, 0) is 36.4 Å². The average Bonchev–Trinajstić information content (AvgIpc) is 3.24. The molecule has 2 aromatic rings. The van der Waals surface area contributed by atoms with E-state index in [4.69, 9.17) is 4.74 Å². The minimum atomic E-state index is -1.14. The molecule has 1 aliphatic rings. The van der Waals surface area contributed by atoms with Crippen LogP contribution in [0.4, 0.5) is 0 Å². The zero-order valence-electron chi connectivity index (χ0n) is 13.9. The summed E-state index contributed by atoms with van der Waals surface area (Å²) in [6, 6.07) is 2.99. The molecule has 2 aromatic heterocycles. The fraction of sp³-hybridized carbons (Fsp3) is 0.562. The fourth-order valence-corrected chi connectivity index (χ4v) is 3.25. The summed E-state index contributed by atoms with van der Waals surface area (Å²) in [5.74, 6) is -0.490. The number of aromatic carboxylic acids is 1. The summed E-state index contributed by atoms with van der Waals surface area (Å²) in [6.45, 7) is 7.79. The van der Waals surface area contributed by atoms with Crippen LogP contribution in [0.5, 0.6) is 0 Å². The Morgan fingerprint density at radius 1 is 1.43 bits per heavy atom. The molecule has 6 nitrogen and oxygen atoms in total. The lowest BCUT2D eigenvalue weighted by Crippen LogP contribution is -2.22. The summed E-state index contributed by atoms with van der Waals surface area (Å²) >= 11 is 0. The SMILES string of the molecule is C[Si](C)(C)CCOCn1nc(C(=O)O)c2cc(C3CC3)cnc21. The van der Waals surface area contributed by atoms with Crippen molar-refractivity contribution in [3.05, 3.63) is 23.5 Å². The highest BCUT2D eigenvalue weighted by Gasteiger charge is 2.26. The van der Waals surface area contributed by atoms with Crippen LogP contribution in [-0.4, -0.2) is 40.5 Å². The number of carboxylic acids is 1. The standard InChI is InChI=1S/C16H23N3O3Si/c1-23(2,3)7-6-22-10-19-15-13(14(18-19)16(20)21)8-12(9-17-15)11-4-5-11/h8-9,11H,4-7,10H2,1-3H3,(H,20,21). The van der Waals surface area contributed by atoms with E-state index in [0.717, 1.165) is 24.4 Å². The zero-order valence-corrected chi connectivity index (χ0v) is 14.9. The van der Waals surface area contributed by atoms with Crippen LogP contribution < -0.4 is 0 Å². The first-order chi connectivity index (χ1) is 10.8. The number of rotatable bonds is 7. The van der Waals surface area contributed by atoms with E-state index in [1.165, 1.54) is 0 Å². The Morgan fingerprint density at radius 2 is 2.17 bits per heavy atom. The Labute approximate surface area is 136 Å². The van der Waals surface area contributed by atoms with Crippen LogP contribution in [0.25, 0.3) is 11.0 Å². The normalized spacial score (nSPS) is 15.3. The molecule has 1 aliphatic carbocycles. The fourth-order valence-electron chi connectivity index (χ4n) is 2.49. The lowest BCUT2D eigenvalue weighted by molar-refractivity contribution is 0.0676. The Morgan fingerprint density at radius 3 is 2.78 bits per heavy atom. The van der Waals surface area contributed by atoms with E-state index in [-0.39, 0.29) is 12.4 Å². The molecule has 0 unspecified atom stereocenters. The van der Waals surface area contributed by atoms with E-state index in [1.54, 1.807) is 4.68 Å². The number of nitrogens with zero attached hydrogens (tertiary/aromatic N) is 3. The average molecular weight is 333 g/mol. The van der Waals surface area contributed by atoms with Crippen molar-refractivity contribution in [3.63, 3.8) is 0 Å². The van der Waals surface area contributed by atoms with Gasteiger partial charge in [0.2, 0.25) is 0 Å². The molecule has 0 spiro atoms. The molecule has 7 heteroatoms. The van der Waals surface area contributed by atoms with Gasteiger partial charge in [-0.25, -0.2) is 14.5 Å². The van der Waals surface area contributed by atoms with E-state index >= 15 is 0 Å². The van der Waals surface area contributed by atoms with Crippen LogP contribution in [0.1, 0.15) is 34.8 Å². The predicted molar refractivity (Wildman–Crippen MR) is 90.6 cm³/mol. The quantitative estimate of drug-likeness (QED) is 0.621. The minimum absolute atomic E-state index is 0.0591. The van der Waals surface area contributed by atoms with Crippen LogP contribution >= 0.6 is 0 Å². The summed E-state index contributed by atoms with van der Waals surface area (Å²) in [4.78, 5) is 15.9. The molecule has 0 amide bonds. The van der Waals surface area contributed by atoms with E-state index in [0.29, 0.717) is 23.6 Å². The third kappa shape index (κ3) is 3.79. The molecule has 0 aromatic carbocycles. The number of hydrogen-bond donors (Lipinski definition) is 1. The highest BCUT2D eigenvalue weighted by atomic mass is 28.3. The second-order valence-corrected chi connectivity index (χ2v) is 13.0. The van der Waals surface area contributed by atoms with Gasteiger partial charge in [-0.3, -0.25) is 0 Å². The van der Waals surface area contributed by atoms with Gasteiger partial charge in [0.25, 0.3) is 0 Å². The molecule has 2 heterocycles. The molecule has 1 saturated carbocycles. The topological polar surface area (TPSA) is 77.2 Å². The van der Waals surface area contributed by atoms with Gasteiger partial charge in [-0.15, -0.1) is 0 Å². The number of aromatic nitrogens is 3. The van der Waals surface area contributed by atoms with E-state index < -0.39 is 14.0 Å². The molecular formula is C16H23N3O3Si. The van der Waals surface area contributed by atoms with Crippen LogP contribution in [0, 0.1) is 0 Å².